The van der Waals surface area contributed by atoms with E-state index in [4.69, 9.17) is 5.73 Å². The lowest BCUT2D eigenvalue weighted by atomic mass is 9.98. The van der Waals surface area contributed by atoms with Crippen molar-refractivity contribution in [3.63, 3.8) is 0 Å². The molecule has 0 spiro atoms. The van der Waals surface area contributed by atoms with Gasteiger partial charge in [-0.15, -0.1) is 0 Å². The molecule has 1 heterocycles. The van der Waals surface area contributed by atoms with Gasteiger partial charge in [0.25, 0.3) is 0 Å². The maximum absolute atomic E-state index is 11.5. The number of rotatable bonds is 4. The van der Waals surface area contributed by atoms with E-state index < -0.39 is 0 Å². The Balaban J connectivity index is 2.08. The van der Waals surface area contributed by atoms with Crippen LogP contribution in [0.1, 0.15) is 24.3 Å². The largest absolute Gasteiger partial charge is 0.369 e. The zero-order valence-corrected chi connectivity index (χ0v) is 9.36. The van der Waals surface area contributed by atoms with Crippen LogP contribution in [-0.4, -0.2) is 30.4 Å². The second-order valence-corrected chi connectivity index (χ2v) is 4.30. The molecule has 2 rings (SSSR count). The summed E-state index contributed by atoms with van der Waals surface area (Å²) in [6, 6.07) is 10.5. The van der Waals surface area contributed by atoms with Gasteiger partial charge in [0.15, 0.2) is 0 Å². The second-order valence-electron chi connectivity index (χ2n) is 4.30. The van der Waals surface area contributed by atoms with Crippen LogP contribution in [0.4, 0.5) is 0 Å². The molecule has 3 heteroatoms. The van der Waals surface area contributed by atoms with Crippen molar-refractivity contribution in [2.24, 2.45) is 5.73 Å². The Bertz CT molecular complexity index is 344. The lowest BCUT2D eigenvalue weighted by Crippen LogP contribution is -2.33. The zero-order valence-electron chi connectivity index (χ0n) is 9.36. The monoisotopic (exact) mass is 217 g/mol. The fourth-order valence-corrected chi connectivity index (χ4v) is 2.22. The maximum Gasteiger partial charge on any atom is 0.226 e. The molecule has 1 aliphatic rings. The van der Waals surface area contributed by atoms with Crippen LogP contribution in [0.5, 0.6) is 0 Å². The highest BCUT2D eigenvalue weighted by molar-refractivity contribution is 5.82. The van der Waals surface area contributed by atoms with Crippen LogP contribution < -0.4 is 5.73 Å². The normalized spacial score (nSPS) is 18.5. The number of nitrogens with two attached hydrogens (primary N) is 1. The van der Waals surface area contributed by atoms with E-state index in [2.05, 4.69) is 11.0 Å². The van der Waals surface area contributed by atoms with Crippen LogP contribution in [0.2, 0.25) is 0 Å². The molecule has 1 aromatic carbocycles. The van der Waals surface area contributed by atoms with Crippen LogP contribution in [0.15, 0.2) is 24.3 Å². The first kappa shape index (κ1) is 11.1. The molecule has 1 aliphatic heterocycles. The summed E-state index contributed by atoms with van der Waals surface area (Å²) in [6.45, 7) is 2.92. The van der Waals surface area contributed by atoms with Crippen molar-refractivity contribution < 1.29 is 4.79 Å². The van der Waals surface area contributed by atoms with E-state index in [0.29, 0.717) is 0 Å². The quantitative estimate of drug-likeness (QED) is 0.822. The summed E-state index contributed by atoms with van der Waals surface area (Å²) in [4.78, 5) is 13.8. The van der Waals surface area contributed by atoms with Gasteiger partial charge in [0.1, 0.15) is 0 Å². The van der Waals surface area contributed by atoms with Crippen molar-refractivity contribution in [2.45, 2.75) is 18.8 Å². The SMILES string of the molecule is NC(=O)C(CN1CCCC1)c1cc[c]cc1. The lowest BCUT2D eigenvalue weighted by Gasteiger charge is -2.21. The van der Waals surface area contributed by atoms with E-state index >= 15 is 0 Å². The van der Waals surface area contributed by atoms with Gasteiger partial charge in [0.05, 0.1) is 5.92 Å². The van der Waals surface area contributed by atoms with Crippen LogP contribution >= 0.6 is 0 Å². The molecule has 1 saturated heterocycles. The van der Waals surface area contributed by atoms with Crippen LogP contribution in [0.3, 0.4) is 0 Å². The molecule has 1 unspecified atom stereocenters. The second kappa shape index (κ2) is 5.12. The van der Waals surface area contributed by atoms with Gasteiger partial charge >= 0.3 is 0 Å². The fraction of sp³-hybridized carbons (Fsp3) is 0.462. The number of carbonyl (C=O) groups excluding carboxylic acids is 1. The molecule has 1 fully saturated rings. The summed E-state index contributed by atoms with van der Waals surface area (Å²) >= 11 is 0. The first-order valence-electron chi connectivity index (χ1n) is 5.75. The van der Waals surface area contributed by atoms with Gasteiger partial charge in [-0.2, -0.15) is 0 Å². The van der Waals surface area contributed by atoms with Crippen LogP contribution in [0, 0.1) is 6.07 Å². The van der Waals surface area contributed by atoms with Gasteiger partial charge in [-0.25, -0.2) is 0 Å². The third-order valence-corrected chi connectivity index (χ3v) is 3.13. The van der Waals surface area contributed by atoms with Gasteiger partial charge in [0.2, 0.25) is 5.91 Å². The van der Waals surface area contributed by atoms with Crippen LogP contribution in [-0.2, 0) is 4.79 Å². The van der Waals surface area contributed by atoms with Gasteiger partial charge < -0.3 is 10.6 Å². The van der Waals surface area contributed by atoms with Gasteiger partial charge in [-0.3, -0.25) is 4.79 Å². The number of hydrogen-bond acceptors (Lipinski definition) is 2. The Morgan fingerprint density at radius 2 is 2.00 bits per heavy atom. The number of nitrogens with zero attached hydrogens (tertiary/aromatic N) is 1. The number of primary amides is 1. The Morgan fingerprint density at radius 3 is 2.56 bits per heavy atom. The van der Waals surface area contributed by atoms with E-state index in [1.807, 2.05) is 24.3 Å². The number of carbonyl (C=O) groups is 1. The molecule has 1 atom stereocenters. The minimum absolute atomic E-state index is 0.187. The average molecular weight is 217 g/mol. The minimum Gasteiger partial charge on any atom is -0.369 e. The molecular formula is C13H17N2O. The highest BCUT2D eigenvalue weighted by atomic mass is 16.1. The topological polar surface area (TPSA) is 46.3 Å². The summed E-state index contributed by atoms with van der Waals surface area (Å²) < 4.78 is 0. The highest BCUT2D eigenvalue weighted by Crippen LogP contribution is 2.19. The van der Waals surface area contributed by atoms with Crippen molar-refractivity contribution in [1.29, 1.82) is 0 Å². The zero-order chi connectivity index (χ0) is 11.4. The summed E-state index contributed by atoms with van der Waals surface area (Å²) in [5.74, 6) is -0.425. The van der Waals surface area contributed by atoms with Crippen molar-refractivity contribution in [1.82, 2.24) is 4.90 Å². The standard InChI is InChI=1S/C13H17N2O/c14-13(16)12(10-15-8-4-5-9-15)11-6-2-1-3-7-11/h2-3,6-7,12H,4-5,8-10H2,(H2,14,16). The molecule has 0 bridgehead atoms. The summed E-state index contributed by atoms with van der Waals surface area (Å²) in [5, 5.41) is 0. The molecular weight excluding hydrogens is 200 g/mol. The Morgan fingerprint density at radius 1 is 1.38 bits per heavy atom. The lowest BCUT2D eigenvalue weighted by molar-refractivity contribution is -0.119. The molecule has 0 aromatic heterocycles. The van der Waals surface area contributed by atoms with Gasteiger partial charge in [-0.05, 0) is 37.6 Å². The molecule has 3 nitrogen and oxygen atoms in total. The minimum atomic E-state index is -0.238. The molecule has 1 amide bonds. The molecule has 1 radical (unpaired) electrons. The van der Waals surface area contributed by atoms with Gasteiger partial charge in [0, 0.05) is 6.54 Å². The van der Waals surface area contributed by atoms with Crippen molar-refractivity contribution in [3.8, 4) is 0 Å². The van der Waals surface area contributed by atoms with Gasteiger partial charge in [-0.1, -0.05) is 24.3 Å². The van der Waals surface area contributed by atoms with E-state index in [1.165, 1.54) is 12.8 Å². The fourth-order valence-electron chi connectivity index (χ4n) is 2.22. The van der Waals surface area contributed by atoms with E-state index in [0.717, 1.165) is 25.2 Å². The first-order chi connectivity index (χ1) is 7.77. The van der Waals surface area contributed by atoms with Crippen molar-refractivity contribution >= 4 is 5.91 Å². The van der Waals surface area contributed by atoms with Crippen LogP contribution in [0.25, 0.3) is 0 Å². The Kier molecular flexibility index (Phi) is 3.57. The number of hydrogen-bond donors (Lipinski definition) is 1. The predicted molar refractivity (Wildman–Crippen MR) is 62.9 cm³/mol. The third kappa shape index (κ3) is 2.61. The molecule has 0 aliphatic carbocycles. The predicted octanol–water partition coefficient (Wildman–Crippen LogP) is 1.15. The molecule has 1 aromatic rings. The summed E-state index contributed by atoms with van der Waals surface area (Å²) in [6.07, 6.45) is 2.46. The summed E-state index contributed by atoms with van der Waals surface area (Å²) in [5.41, 5.74) is 6.47. The number of amides is 1. The summed E-state index contributed by atoms with van der Waals surface area (Å²) in [7, 11) is 0. The smallest absolute Gasteiger partial charge is 0.226 e. The third-order valence-electron chi connectivity index (χ3n) is 3.13. The average Bonchev–Trinajstić information content (AvgIpc) is 2.79. The van der Waals surface area contributed by atoms with E-state index in [-0.39, 0.29) is 11.8 Å². The van der Waals surface area contributed by atoms with Crippen molar-refractivity contribution in [2.75, 3.05) is 19.6 Å². The van der Waals surface area contributed by atoms with Crippen molar-refractivity contribution in [3.05, 3.63) is 35.9 Å². The molecule has 85 valence electrons. The Hall–Kier alpha value is -1.35. The van der Waals surface area contributed by atoms with E-state index in [1.54, 1.807) is 0 Å². The first-order valence-corrected chi connectivity index (χ1v) is 5.75. The van der Waals surface area contributed by atoms with E-state index in [9.17, 15) is 4.79 Å². The Labute approximate surface area is 96.2 Å². The number of benzene rings is 1. The maximum atomic E-state index is 11.5. The molecule has 16 heavy (non-hydrogen) atoms. The molecule has 0 saturated carbocycles. The highest BCUT2D eigenvalue weighted by Gasteiger charge is 2.22. The molecule has 2 N–H and O–H groups in total. The number of likely N-dealkylation sites (tertiary alicyclic amines) is 1.